The van der Waals surface area contributed by atoms with Crippen LogP contribution >= 0.6 is 0 Å². The molecule has 0 spiro atoms. The van der Waals surface area contributed by atoms with Gasteiger partial charge >= 0.3 is 0 Å². The Labute approximate surface area is 158 Å². The average molecular weight is 364 g/mol. The van der Waals surface area contributed by atoms with Crippen LogP contribution in [-0.2, 0) is 0 Å². The highest BCUT2D eigenvalue weighted by Gasteiger charge is 2.25. The molecule has 0 aromatic carbocycles. The lowest BCUT2D eigenvalue weighted by Gasteiger charge is -2.35. The normalized spacial score (nSPS) is 15.0. The summed E-state index contributed by atoms with van der Waals surface area (Å²) in [4.78, 5) is 26.3. The van der Waals surface area contributed by atoms with E-state index in [2.05, 4.69) is 33.8 Å². The van der Waals surface area contributed by atoms with E-state index in [1.165, 1.54) is 0 Å². The van der Waals surface area contributed by atoms with Crippen LogP contribution in [0.2, 0.25) is 0 Å². The predicted octanol–water partition coefficient (Wildman–Crippen LogP) is 2.68. The summed E-state index contributed by atoms with van der Waals surface area (Å²) in [7, 11) is 0. The van der Waals surface area contributed by atoms with Crippen LogP contribution in [0.4, 0.5) is 5.82 Å². The van der Waals surface area contributed by atoms with Crippen LogP contribution in [0, 0.1) is 6.92 Å². The zero-order valence-corrected chi connectivity index (χ0v) is 16.0. The van der Waals surface area contributed by atoms with Gasteiger partial charge in [-0.05, 0) is 39.0 Å². The molecule has 27 heavy (non-hydrogen) atoms. The minimum absolute atomic E-state index is 0.0415. The zero-order chi connectivity index (χ0) is 19.0. The average Bonchev–Trinajstić information content (AvgIpc) is 3.10. The summed E-state index contributed by atoms with van der Waals surface area (Å²) in [5.74, 6) is 1.00. The van der Waals surface area contributed by atoms with Crippen LogP contribution < -0.4 is 4.90 Å². The van der Waals surface area contributed by atoms with Gasteiger partial charge in [0.25, 0.3) is 5.91 Å². The van der Waals surface area contributed by atoms with Gasteiger partial charge in [0.1, 0.15) is 5.82 Å². The Kier molecular flexibility index (Phi) is 4.51. The van der Waals surface area contributed by atoms with Gasteiger partial charge in [-0.15, -0.1) is 0 Å². The van der Waals surface area contributed by atoms with Gasteiger partial charge in [0.2, 0.25) is 0 Å². The Bertz CT molecular complexity index is 957. The van der Waals surface area contributed by atoms with Crippen molar-refractivity contribution in [3.05, 3.63) is 47.9 Å². The van der Waals surface area contributed by atoms with Gasteiger partial charge in [-0.2, -0.15) is 5.10 Å². The molecular formula is C20H24N6O. The van der Waals surface area contributed by atoms with E-state index >= 15 is 0 Å². The van der Waals surface area contributed by atoms with E-state index in [0.717, 1.165) is 35.6 Å². The number of aryl methyl sites for hydroxylation is 1. The smallest absolute Gasteiger partial charge is 0.255 e. The lowest BCUT2D eigenvalue weighted by Crippen LogP contribution is -2.49. The lowest BCUT2D eigenvalue weighted by molar-refractivity contribution is 0.0745. The largest absolute Gasteiger partial charge is 0.353 e. The number of pyridine rings is 2. The summed E-state index contributed by atoms with van der Waals surface area (Å²) in [6, 6.07) is 8.07. The molecule has 1 amide bonds. The third kappa shape index (κ3) is 3.25. The first-order chi connectivity index (χ1) is 13.0. The maximum atomic E-state index is 13.1. The second-order valence-corrected chi connectivity index (χ2v) is 7.18. The lowest BCUT2D eigenvalue weighted by atomic mass is 10.1. The Hall–Kier alpha value is -2.96. The third-order valence-corrected chi connectivity index (χ3v) is 5.02. The van der Waals surface area contributed by atoms with Crippen molar-refractivity contribution in [2.24, 2.45) is 0 Å². The number of fused-ring (bicyclic) bond motifs is 1. The first kappa shape index (κ1) is 17.5. The highest BCUT2D eigenvalue weighted by molar-refractivity contribution is 5.98. The van der Waals surface area contributed by atoms with Crippen LogP contribution in [0.1, 0.15) is 35.9 Å². The van der Waals surface area contributed by atoms with E-state index in [1.54, 1.807) is 12.4 Å². The van der Waals surface area contributed by atoms with Gasteiger partial charge in [0.15, 0.2) is 5.65 Å². The Balaban J connectivity index is 1.52. The molecule has 0 atom stereocenters. The van der Waals surface area contributed by atoms with Gasteiger partial charge in [-0.3, -0.25) is 4.79 Å². The van der Waals surface area contributed by atoms with Crippen LogP contribution in [0.15, 0.2) is 36.7 Å². The second-order valence-electron chi connectivity index (χ2n) is 7.18. The van der Waals surface area contributed by atoms with E-state index in [9.17, 15) is 4.79 Å². The van der Waals surface area contributed by atoms with Crippen LogP contribution in [0.5, 0.6) is 0 Å². The molecule has 140 valence electrons. The van der Waals surface area contributed by atoms with Crippen molar-refractivity contribution in [3.8, 4) is 0 Å². The van der Waals surface area contributed by atoms with Crippen molar-refractivity contribution >= 4 is 22.8 Å². The van der Waals surface area contributed by atoms with E-state index in [0.29, 0.717) is 18.7 Å². The molecule has 3 aromatic heterocycles. The molecule has 0 aliphatic carbocycles. The zero-order valence-electron chi connectivity index (χ0n) is 16.0. The number of carbonyl (C=O) groups is 1. The Morgan fingerprint density at radius 2 is 1.93 bits per heavy atom. The topological polar surface area (TPSA) is 67.2 Å². The fourth-order valence-electron chi connectivity index (χ4n) is 3.51. The third-order valence-electron chi connectivity index (χ3n) is 5.02. The number of carbonyl (C=O) groups excluding carboxylic acids is 1. The van der Waals surface area contributed by atoms with Crippen molar-refractivity contribution < 1.29 is 4.79 Å². The quantitative estimate of drug-likeness (QED) is 0.715. The number of amides is 1. The Morgan fingerprint density at radius 3 is 2.59 bits per heavy atom. The monoisotopic (exact) mass is 364 g/mol. The predicted molar refractivity (Wildman–Crippen MR) is 105 cm³/mol. The highest BCUT2D eigenvalue weighted by Crippen LogP contribution is 2.21. The van der Waals surface area contributed by atoms with Crippen molar-refractivity contribution in [2.45, 2.75) is 26.8 Å². The number of nitrogens with zero attached hydrogens (tertiary/aromatic N) is 6. The molecule has 0 unspecified atom stereocenters. The minimum atomic E-state index is 0.0415. The molecule has 4 heterocycles. The molecule has 1 aliphatic rings. The Morgan fingerprint density at radius 1 is 1.15 bits per heavy atom. The maximum Gasteiger partial charge on any atom is 0.255 e. The number of rotatable bonds is 3. The summed E-state index contributed by atoms with van der Waals surface area (Å²) in [5, 5.41) is 5.32. The van der Waals surface area contributed by atoms with Crippen LogP contribution in [-0.4, -0.2) is 56.7 Å². The summed E-state index contributed by atoms with van der Waals surface area (Å²) in [6.07, 6.45) is 3.59. The molecule has 7 heteroatoms. The summed E-state index contributed by atoms with van der Waals surface area (Å²) < 4.78 is 1.89. The van der Waals surface area contributed by atoms with E-state index in [1.807, 2.05) is 40.8 Å². The molecule has 1 saturated heterocycles. The molecular weight excluding hydrogens is 340 g/mol. The number of hydrogen-bond donors (Lipinski definition) is 0. The number of piperazine rings is 1. The summed E-state index contributed by atoms with van der Waals surface area (Å²) in [5.41, 5.74) is 2.25. The van der Waals surface area contributed by atoms with Gasteiger partial charge in [0.05, 0.1) is 17.5 Å². The molecule has 3 aromatic rings. The summed E-state index contributed by atoms with van der Waals surface area (Å²) in [6.45, 7) is 8.96. The van der Waals surface area contributed by atoms with Crippen LogP contribution in [0.25, 0.3) is 11.0 Å². The number of aromatic nitrogens is 4. The molecule has 0 saturated carbocycles. The van der Waals surface area contributed by atoms with E-state index in [-0.39, 0.29) is 11.9 Å². The molecule has 0 radical (unpaired) electrons. The van der Waals surface area contributed by atoms with Gasteiger partial charge in [0, 0.05) is 43.8 Å². The molecule has 1 fully saturated rings. The minimum Gasteiger partial charge on any atom is -0.353 e. The first-order valence-electron chi connectivity index (χ1n) is 9.34. The molecule has 7 nitrogen and oxygen atoms in total. The van der Waals surface area contributed by atoms with Gasteiger partial charge in [-0.25, -0.2) is 14.6 Å². The van der Waals surface area contributed by atoms with E-state index < -0.39 is 0 Å². The van der Waals surface area contributed by atoms with Gasteiger partial charge < -0.3 is 9.80 Å². The molecule has 0 N–H and O–H groups in total. The van der Waals surface area contributed by atoms with Crippen molar-refractivity contribution in [3.63, 3.8) is 0 Å². The molecule has 1 aliphatic heterocycles. The fourth-order valence-corrected chi connectivity index (χ4v) is 3.51. The van der Waals surface area contributed by atoms with Crippen molar-refractivity contribution in [1.82, 2.24) is 24.6 Å². The van der Waals surface area contributed by atoms with Crippen molar-refractivity contribution in [1.29, 1.82) is 0 Å². The standard InChI is InChI=1S/C20H24N6O/c1-14(2)26-19-16(13-22-26)12-17(15(3)23-19)20(27)25-10-8-24(9-11-25)18-6-4-5-7-21-18/h4-7,12-14H,8-11H2,1-3H3. The highest BCUT2D eigenvalue weighted by atomic mass is 16.2. The SMILES string of the molecule is Cc1nc2c(cnn2C(C)C)cc1C(=O)N1CCN(c2ccccn2)CC1. The number of hydrogen-bond acceptors (Lipinski definition) is 5. The summed E-state index contributed by atoms with van der Waals surface area (Å²) >= 11 is 0. The molecule has 4 rings (SSSR count). The maximum absolute atomic E-state index is 13.1. The number of anilines is 1. The van der Waals surface area contributed by atoms with Crippen LogP contribution in [0.3, 0.4) is 0 Å². The van der Waals surface area contributed by atoms with Crippen molar-refractivity contribution in [2.75, 3.05) is 31.1 Å². The van der Waals surface area contributed by atoms with E-state index in [4.69, 9.17) is 0 Å². The molecule has 0 bridgehead atoms. The first-order valence-corrected chi connectivity index (χ1v) is 9.34. The second kappa shape index (κ2) is 6.98. The van der Waals surface area contributed by atoms with Gasteiger partial charge in [-0.1, -0.05) is 6.07 Å². The fraction of sp³-hybridized carbons (Fsp3) is 0.400.